The van der Waals surface area contributed by atoms with Gasteiger partial charge in [-0.1, -0.05) is 37.3 Å². The van der Waals surface area contributed by atoms with Gasteiger partial charge in [-0.2, -0.15) is 0 Å². The van der Waals surface area contributed by atoms with Crippen LogP contribution in [0.4, 0.5) is 8.78 Å². The van der Waals surface area contributed by atoms with Crippen molar-refractivity contribution in [2.75, 3.05) is 7.11 Å². The number of carbonyl (C=O) groups excluding carboxylic acids is 1. The van der Waals surface area contributed by atoms with Crippen molar-refractivity contribution in [3.05, 3.63) is 65.2 Å². The molecule has 2 aromatic rings. The monoisotopic (exact) mass is 290 g/mol. The van der Waals surface area contributed by atoms with E-state index in [9.17, 15) is 13.6 Å². The highest BCUT2D eigenvalue weighted by Crippen LogP contribution is 2.30. The van der Waals surface area contributed by atoms with Gasteiger partial charge in [0, 0.05) is 12.0 Å². The van der Waals surface area contributed by atoms with E-state index in [0.717, 1.165) is 17.7 Å². The van der Waals surface area contributed by atoms with Gasteiger partial charge in [-0.3, -0.25) is 4.79 Å². The average molecular weight is 290 g/mol. The van der Waals surface area contributed by atoms with Crippen molar-refractivity contribution >= 4 is 5.78 Å². The maximum absolute atomic E-state index is 13.4. The lowest BCUT2D eigenvalue weighted by molar-refractivity contribution is 0.0953. The van der Waals surface area contributed by atoms with E-state index in [1.165, 1.54) is 7.11 Å². The van der Waals surface area contributed by atoms with Gasteiger partial charge in [-0.25, -0.2) is 8.78 Å². The molecule has 0 fully saturated rings. The van der Waals surface area contributed by atoms with E-state index in [1.807, 2.05) is 37.3 Å². The average Bonchev–Trinajstić information content (AvgIpc) is 2.51. The van der Waals surface area contributed by atoms with Crippen molar-refractivity contribution in [1.82, 2.24) is 0 Å². The predicted octanol–water partition coefficient (Wildman–Crippen LogP) is 4.35. The number of Topliss-reactive ketones (excluding diaryl/α,β-unsaturated/α-hetero) is 1. The standard InChI is InChI=1S/C17H16F2O2/c1-3-12(11-7-5-4-6-8-11)17(20)13-9-14(18)15(19)10-16(13)21-2/h4-10,12H,3H2,1-2H3. The second kappa shape index (κ2) is 6.48. The molecular weight excluding hydrogens is 274 g/mol. The van der Waals surface area contributed by atoms with Crippen LogP contribution in [0.5, 0.6) is 5.75 Å². The smallest absolute Gasteiger partial charge is 0.174 e. The summed E-state index contributed by atoms with van der Waals surface area (Å²) in [6.07, 6.45) is 0.561. The number of ketones is 1. The highest BCUT2D eigenvalue weighted by molar-refractivity contribution is 6.03. The minimum absolute atomic E-state index is 0.0493. The summed E-state index contributed by atoms with van der Waals surface area (Å²) in [5.74, 6) is -2.73. The number of benzene rings is 2. The Bertz CT molecular complexity index is 639. The first-order valence-electron chi connectivity index (χ1n) is 6.70. The summed E-state index contributed by atoms with van der Waals surface area (Å²) in [6.45, 7) is 1.88. The molecule has 2 rings (SSSR count). The molecular formula is C17H16F2O2. The highest BCUT2D eigenvalue weighted by Gasteiger charge is 2.24. The number of hydrogen-bond donors (Lipinski definition) is 0. The molecule has 0 spiro atoms. The van der Waals surface area contributed by atoms with Crippen LogP contribution in [0.25, 0.3) is 0 Å². The van der Waals surface area contributed by atoms with Crippen molar-refractivity contribution in [3.8, 4) is 5.75 Å². The largest absolute Gasteiger partial charge is 0.496 e. The van der Waals surface area contributed by atoms with Gasteiger partial charge < -0.3 is 4.74 Å². The minimum atomic E-state index is -1.05. The van der Waals surface area contributed by atoms with Gasteiger partial charge >= 0.3 is 0 Å². The van der Waals surface area contributed by atoms with E-state index in [4.69, 9.17) is 4.74 Å². The second-order valence-electron chi connectivity index (χ2n) is 4.70. The van der Waals surface area contributed by atoms with E-state index in [2.05, 4.69) is 0 Å². The van der Waals surface area contributed by atoms with Crippen LogP contribution in [0.3, 0.4) is 0 Å². The lowest BCUT2D eigenvalue weighted by Gasteiger charge is -2.16. The zero-order valence-electron chi connectivity index (χ0n) is 11.9. The first kappa shape index (κ1) is 15.2. The van der Waals surface area contributed by atoms with E-state index in [1.54, 1.807) is 0 Å². The van der Waals surface area contributed by atoms with Gasteiger partial charge in [-0.05, 0) is 18.1 Å². The fraction of sp³-hybridized carbons (Fsp3) is 0.235. The molecule has 21 heavy (non-hydrogen) atoms. The SMILES string of the molecule is CCC(C(=O)c1cc(F)c(F)cc1OC)c1ccccc1. The predicted molar refractivity (Wildman–Crippen MR) is 76.7 cm³/mol. The summed E-state index contributed by atoms with van der Waals surface area (Å²) in [6, 6.07) is 11.0. The van der Waals surface area contributed by atoms with Crippen molar-refractivity contribution in [2.24, 2.45) is 0 Å². The van der Waals surface area contributed by atoms with Crippen LogP contribution in [0.2, 0.25) is 0 Å². The zero-order chi connectivity index (χ0) is 15.4. The Morgan fingerprint density at radius 3 is 2.33 bits per heavy atom. The molecule has 1 atom stereocenters. The van der Waals surface area contributed by atoms with Gasteiger partial charge in [0.25, 0.3) is 0 Å². The highest BCUT2D eigenvalue weighted by atomic mass is 19.2. The van der Waals surface area contributed by atoms with E-state index in [-0.39, 0.29) is 17.1 Å². The Balaban J connectivity index is 2.45. The molecule has 2 nitrogen and oxygen atoms in total. The van der Waals surface area contributed by atoms with E-state index in [0.29, 0.717) is 6.42 Å². The Morgan fingerprint density at radius 2 is 1.76 bits per heavy atom. The minimum Gasteiger partial charge on any atom is -0.496 e. The third-order valence-corrected chi connectivity index (χ3v) is 3.43. The number of hydrogen-bond acceptors (Lipinski definition) is 2. The molecule has 0 radical (unpaired) electrons. The third kappa shape index (κ3) is 3.10. The summed E-state index contributed by atoms with van der Waals surface area (Å²) in [4.78, 5) is 12.7. The summed E-state index contributed by atoms with van der Waals surface area (Å²) >= 11 is 0. The van der Waals surface area contributed by atoms with Crippen LogP contribution in [0, 0.1) is 11.6 Å². The molecule has 0 saturated carbocycles. The molecule has 0 amide bonds. The third-order valence-electron chi connectivity index (χ3n) is 3.43. The fourth-order valence-corrected chi connectivity index (χ4v) is 2.34. The quantitative estimate of drug-likeness (QED) is 0.765. The van der Waals surface area contributed by atoms with Crippen LogP contribution in [-0.2, 0) is 0 Å². The van der Waals surface area contributed by atoms with Gasteiger partial charge in [0.1, 0.15) is 5.75 Å². The Morgan fingerprint density at radius 1 is 1.14 bits per heavy atom. The summed E-state index contributed by atoms with van der Waals surface area (Å²) in [5.41, 5.74) is 0.906. The van der Waals surface area contributed by atoms with E-state index >= 15 is 0 Å². The first-order valence-corrected chi connectivity index (χ1v) is 6.70. The van der Waals surface area contributed by atoms with Crippen LogP contribution in [-0.4, -0.2) is 12.9 Å². The molecule has 4 heteroatoms. The van der Waals surface area contributed by atoms with Crippen molar-refractivity contribution in [1.29, 1.82) is 0 Å². The first-order chi connectivity index (χ1) is 10.1. The van der Waals surface area contributed by atoms with Crippen LogP contribution in [0.1, 0.15) is 35.2 Å². The maximum atomic E-state index is 13.4. The molecule has 0 heterocycles. The molecule has 1 unspecified atom stereocenters. The van der Waals surface area contributed by atoms with Gasteiger partial charge in [0.2, 0.25) is 0 Å². The lowest BCUT2D eigenvalue weighted by Crippen LogP contribution is -2.14. The van der Waals surface area contributed by atoms with Crippen molar-refractivity contribution < 1.29 is 18.3 Å². The number of carbonyl (C=O) groups is 1. The second-order valence-corrected chi connectivity index (χ2v) is 4.70. The van der Waals surface area contributed by atoms with Gasteiger partial charge in [0.05, 0.1) is 12.7 Å². The lowest BCUT2D eigenvalue weighted by atomic mass is 9.88. The van der Waals surface area contributed by atoms with Crippen LogP contribution < -0.4 is 4.74 Å². The summed E-state index contributed by atoms with van der Waals surface area (Å²) in [5, 5.41) is 0. The molecule has 0 aliphatic rings. The number of ether oxygens (including phenoxy) is 1. The Kier molecular flexibility index (Phi) is 4.68. The van der Waals surface area contributed by atoms with Gasteiger partial charge in [0.15, 0.2) is 17.4 Å². The number of methoxy groups -OCH3 is 1. The van der Waals surface area contributed by atoms with Crippen molar-refractivity contribution in [2.45, 2.75) is 19.3 Å². The summed E-state index contributed by atoms with van der Waals surface area (Å²) in [7, 11) is 1.33. The molecule has 110 valence electrons. The topological polar surface area (TPSA) is 26.3 Å². The number of rotatable bonds is 5. The van der Waals surface area contributed by atoms with Gasteiger partial charge in [-0.15, -0.1) is 0 Å². The molecule has 0 aliphatic carbocycles. The Labute approximate surface area is 122 Å². The number of halogens is 2. The fourth-order valence-electron chi connectivity index (χ4n) is 2.34. The Hall–Kier alpha value is -2.23. The molecule has 0 saturated heterocycles. The van der Waals surface area contributed by atoms with Crippen molar-refractivity contribution in [3.63, 3.8) is 0 Å². The molecule has 0 aromatic heterocycles. The maximum Gasteiger partial charge on any atom is 0.174 e. The zero-order valence-corrected chi connectivity index (χ0v) is 11.9. The molecule has 2 aromatic carbocycles. The molecule has 0 aliphatic heterocycles. The molecule has 0 bridgehead atoms. The summed E-state index contributed by atoms with van der Waals surface area (Å²) < 4.78 is 31.7. The normalized spacial score (nSPS) is 12.0. The van der Waals surface area contributed by atoms with Crippen LogP contribution in [0.15, 0.2) is 42.5 Å². The van der Waals surface area contributed by atoms with Crippen LogP contribution >= 0.6 is 0 Å². The molecule has 0 N–H and O–H groups in total. The van der Waals surface area contributed by atoms with E-state index < -0.39 is 17.6 Å².